The molecule has 8 nitrogen and oxygen atoms in total. The van der Waals surface area contributed by atoms with Crippen molar-refractivity contribution in [3.05, 3.63) is 65.2 Å². The van der Waals surface area contributed by atoms with E-state index in [0.717, 1.165) is 30.3 Å². The zero-order valence-corrected chi connectivity index (χ0v) is 19.5. The van der Waals surface area contributed by atoms with Gasteiger partial charge in [-0.3, -0.25) is 14.9 Å². The van der Waals surface area contributed by atoms with E-state index < -0.39 is 47.4 Å². The van der Waals surface area contributed by atoms with E-state index in [-0.39, 0.29) is 56.2 Å². The van der Waals surface area contributed by atoms with Gasteiger partial charge in [0.2, 0.25) is 11.8 Å². The molecule has 0 radical (unpaired) electrons. The number of nitrogens with zero attached hydrogens (tertiary/aromatic N) is 1. The summed E-state index contributed by atoms with van der Waals surface area (Å²) in [4.78, 5) is 38.9. The minimum absolute atomic E-state index is 0.0430. The number of ether oxygens (including phenoxy) is 1. The molecule has 1 fully saturated rings. The van der Waals surface area contributed by atoms with Gasteiger partial charge in [0.15, 0.2) is 11.6 Å². The fourth-order valence-corrected chi connectivity index (χ4v) is 3.90. The summed E-state index contributed by atoms with van der Waals surface area (Å²) in [7, 11) is 0. The van der Waals surface area contributed by atoms with Gasteiger partial charge in [-0.1, -0.05) is 12.1 Å². The van der Waals surface area contributed by atoms with E-state index in [1.165, 1.54) is 17.0 Å². The number of alkyl halides is 3. The minimum Gasteiger partial charge on any atom is -0.448 e. The van der Waals surface area contributed by atoms with Crippen LogP contribution in [0.4, 0.5) is 32.4 Å². The second-order valence-electron chi connectivity index (χ2n) is 8.54. The third kappa shape index (κ3) is 6.94. The zero-order valence-electron chi connectivity index (χ0n) is 19.5. The molecule has 0 unspecified atom stereocenters. The number of hydrogen-bond acceptors (Lipinski definition) is 5. The molecule has 2 aromatic carbocycles. The van der Waals surface area contributed by atoms with Gasteiger partial charge in [-0.25, -0.2) is 13.6 Å². The number of benzene rings is 2. The van der Waals surface area contributed by atoms with Crippen LogP contribution in [0.2, 0.25) is 0 Å². The SMILES string of the molecule is NCC(=O)N1CCC(COC(=O)Nc2ccc(C(F)(F)F)cc2)(C(=O)NCc2cccc(F)c2F)CC1. The molecule has 3 amide bonds. The standard InChI is InChI=1S/C24H25F5N4O4/c25-18-3-1-2-15(20(18)26)13-31-21(35)23(8-10-33(11-9-23)19(34)12-30)14-37-22(36)32-17-6-4-16(5-7-17)24(27,28)29/h1-7H,8-14,30H2,(H,31,35)(H,32,36). The maximum atomic E-state index is 14.0. The van der Waals surface area contributed by atoms with Crippen LogP contribution in [0.15, 0.2) is 42.5 Å². The molecule has 200 valence electrons. The Morgan fingerprint density at radius 2 is 1.68 bits per heavy atom. The predicted molar refractivity (Wildman–Crippen MR) is 122 cm³/mol. The highest BCUT2D eigenvalue weighted by Crippen LogP contribution is 2.33. The number of anilines is 1. The number of hydrogen-bond donors (Lipinski definition) is 3. The number of amides is 3. The van der Waals surface area contributed by atoms with Crippen molar-refractivity contribution in [2.45, 2.75) is 25.6 Å². The number of nitrogens with one attached hydrogen (secondary N) is 2. The highest BCUT2D eigenvalue weighted by molar-refractivity contribution is 5.86. The Balaban J connectivity index is 1.67. The fourth-order valence-electron chi connectivity index (χ4n) is 3.90. The van der Waals surface area contributed by atoms with Crippen LogP contribution in [0.5, 0.6) is 0 Å². The highest BCUT2D eigenvalue weighted by atomic mass is 19.4. The zero-order chi connectivity index (χ0) is 27.2. The second kappa shape index (κ2) is 11.5. The van der Waals surface area contributed by atoms with Gasteiger partial charge in [0.1, 0.15) is 6.61 Å². The Morgan fingerprint density at radius 3 is 2.27 bits per heavy atom. The third-order valence-electron chi connectivity index (χ3n) is 6.14. The van der Waals surface area contributed by atoms with Gasteiger partial charge in [0.05, 0.1) is 17.5 Å². The second-order valence-corrected chi connectivity index (χ2v) is 8.54. The van der Waals surface area contributed by atoms with E-state index in [9.17, 15) is 36.3 Å². The lowest BCUT2D eigenvalue weighted by molar-refractivity contribution is -0.142. The molecule has 1 heterocycles. The molecule has 0 spiro atoms. The molecule has 0 atom stereocenters. The Morgan fingerprint density at radius 1 is 1.03 bits per heavy atom. The monoisotopic (exact) mass is 528 g/mol. The lowest BCUT2D eigenvalue weighted by Crippen LogP contribution is -2.53. The Labute approximate surface area is 208 Å². The number of carbonyl (C=O) groups excluding carboxylic acids is 3. The molecule has 37 heavy (non-hydrogen) atoms. The molecule has 13 heteroatoms. The van der Waals surface area contributed by atoms with Gasteiger partial charge in [0, 0.05) is 30.9 Å². The lowest BCUT2D eigenvalue weighted by Gasteiger charge is -2.40. The highest BCUT2D eigenvalue weighted by Gasteiger charge is 2.43. The summed E-state index contributed by atoms with van der Waals surface area (Å²) in [6.07, 6.45) is -5.37. The van der Waals surface area contributed by atoms with Crippen molar-refractivity contribution in [1.82, 2.24) is 10.2 Å². The number of piperidine rings is 1. The Kier molecular flexibility index (Phi) is 8.69. The van der Waals surface area contributed by atoms with Crippen LogP contribution in [0.1, 0.15) is 24.0 Å². The molecule has 0 aromatic heterocycles. The number of carbonyl (C=O) groups is 3. The molecule has 0 saturated carbocycles. The van der Waals surface area contributed by atoms with Crippen LogP contribution in [-0.4, -0.2) is 49.0 Å². The molecular weight excluding hydrogens is 503 g/mol. The van der Waals surface area contributed by atoms with E-state index in [1.54, 1.807) is 0 Å². The van der Waals surface area contributed by atoms with Crippen molar-refractivity contribution < 1.29 is 41.1 Å². The summed E-state index contributed by atoms with van der Waals surface area (Å²) >= 11 is 0. The molecule has 0 aliphatic carbocycles. The first-order chi connectivity index (χ1) is 17.4. The van der Waals surface area contributed by atoms with Gasteiger partial charge in [-0.15, -0.1) is 0 Å². The van der Waals surface area contributed by atoms with Gasteiger partial charge in [-0.05, 0) is 43.2 Å². The summed E-state index contributed by atoms with van der Waals surface area (Å²) in [6.45, 7) is -0.692. The van der Waals surface area contributed by atoms with E-state index in [2.05, 4.69) is 10.6 Å². The van der Waals surface area contributed by atoms with Crippen LogP contribution < -0.4 is 16.4 Å². The van der Waals surface area contributed by atoms with Crippen molar-refractivity contribution in [2.75, 3.05) is 31.6 Å². The molecule has 2 aromatic rings. The van der Waals surface area contributed by atoms with Crippen LogP contribution in [-0.2, 0) is 27.0 Å². The molecular formula is C24H25F5N4O4. The van der Waals surface area contributed by atoms with Crippen molar-refractivity contribution in [3.8, 4) is 0 Å². The quantitative estimate of drug-likeness (QED) is 0.477. The van der Waals surface area contributed by atoms with E-state index in [0.29, 0.717) is 0 Å². The summed E-state index contributed by atoms with van der Waals surface area (Å²) in [5.74, 6) is -3.10. The largest absolute Gasteiger partial charge is 0.448 e. The first kappa shape index (κ1) is 27.8. The third-order valence-corrected chi connectivity index (χ3v) is 6.14. The molecule has 4 N–H and O–H groups in total. The first-order valence-electron chi connectivity index (χ1n) is 11.3. The summed E-state index contributed by atoms with van der Waals surface area (Å²) in [5.41, 5.74) is 3.16. The van der Waals surface area contributed by atoms with Crippen LogP contribution in [0.3, 0.4) is 0 Å². The van der Waals surface area contributed by atoms with Crippen LogP contribution in [0, 0.1) is 17.0 Å². The summed E-state index contributed by atoms with van der Waals surface area (Å²) < 4.78 is 70.9. The van der Waals surface area contributed by atoms with Gasteiger partial charge in [0.25, 0.3) is 0 Å². The van der Waals surface area contributed by atoms with Crippen LogP contribution in [0.25, 0.3) is 0 Å². The van der Waals surface area contributed by atoms with Crippen molar-refractivity contribution in [2.24, 2.45) is 11.1 Å². The normalized spacial score (nSPS) is 15.1. The summed E-state index contributed by atoms with van der Waals surface area (Å²) in [5, 5.41) is 4.83. The van der Waals surface area contributed by atoms with E-state index >= 15 is 0 Å². The predicted octanol–water partition coefficient (Wildman–Crippen LogP) is 3.42. The van der Waals surface area contributed by atoms with Gasteiger partial charge < -0.3 is 20.7 Å². The lowest BCUT2D eigenvalue weighted by atomic mass is 9.78. The topological polar surface area (TPSA) is 114 Å². The summed E-state index contributed by atoms with van der Waals surface area (Å²) in [6, 6.07) is 7.23. The number of rotatable bonds is 7. The molecule has 3 rings (SSSR count). The number of likely N-dealkylation sites (tertiary alicyclic amines) is 1. The van der Waals surface area contributed by atoms with E-state index in [1.807, 2.05) is 0 Å². The first-order valence-corrected chi connectivity index (χ1v) is 11.3. The molecule has 1 aliphatic rings. The average Bonchev–Trinajstić information content (AvgIpc) is 2.87. The maximum Gasteiger partial charge on any atom is 0.416 e. The Bertz CT molecular complexity index is 1130. The van der Waals surface area contributed by atoms with Gasteiger partial charge >= 0.3 is 12.3 Å². The van der Waals surface area contributed by atoms with Crippen LogP contribution >= 0.6 is 0 Å². The Hall–Kier alpha value is -3.74. The molecule has 1 saturated heterocycles. The van der Waals surface area contributed by atoms with E-state index in [4.69, 9.17) is 10.5 Å². The maximum absolute atomic E-state index is 14.0. The number of nitrogens with two attached hydrogens (primary N) is 1. The average molecular weight is 528 g/mol. The number of halogens is 5. The molecule has 1 aliphatic heterocycles. The van der Waals surface area contributed by atoms with Crippen molar-refractivity contribution >= 4 is 23.6 Å². The van der Waals surface area contributed by atoms with Crippen molar-refractivity contribution in [1.29, 1.82) is 0 Å². The fraction of sp³-hybridized carbons (Fsp3) is 0.375. The minimum atomic E-state index is -4.53. The molecule has 0 bridgehead atoms. The van der Waals surface area contributed by atoms with Crippen molar-refractivity contribution in [3.63, 3.8) is 0 Å². The smallest absolute Gasteiger partial charge is 0.416 e. The van der Waals surface area contributed by atoms with Gasteiger partial charge in [-0.2, -0.15) is 13.2 Å².